The number of hydrogen-bond donors (Lipinski definition) is 0. The summed E-state index contributed by atoms with van der Waals surface area (Å²) in [6.07, 6.45) is -4.86. The summed E-state index contributed by atoms with van der Waals surface area (Å²) < 4.78 is 66.5. The molecule has 0 unspecified atom stereocenters. The van der Waals surface area contributed by atoms with Gasteiger partial charge in [-0.05, 0) is 23.8 Å². The number of halogens is 5. The van der Waals surface area contributed by atoms with Crippen molar-refractivity contribution >= 4 is 5.91 Å². The van der Waals surface area contributed by atoms with Crippen LogP contribution in [0.1, 0.15) is 11.1 Å². The second-order valence-corrected chi connectivity index (χ2v) is 5.35. The van der Waals surface area contributed by atoms with Crippen LogP contribution in [0.3, 0.4) is 0 Å². The number of alkyl halides is 3. The number of rotatable bonds is 5. The molecule has 2 aromatic carbocycles. The van der Waals surface area contributed by atoms with E-state index in [4.69, 9.17) is 0 Å². The maximum absolute atomic E-state index is 13.6. The average molecular weight is 359 g/mol. The lowest BCUT2D eigenvalue weighted by Crippen LogP contribution is -2.28. The maximum atomic E-state index is 13.6. The molecule has 0 N–H and O–H groups in total. The van der Waals surface area contributed by atoms with Crippen LogP contribution in [0.25, 0.3) is 0 Å². The quantitative estimate of drug-likeness (QED) is 0.754. The van der Waals surface area contributed by atoms with Crippen molar-refractivity contribution in [1.82, 2.24) is 4.90 Å². The lowest BCUT2D eigenvalue weighted by Gasteiger charge is -2.18. The molecule has 0 atom stereocenters. The van der Waals surface area contributed by atoms with Crippen molar-refractivity contribution in [3.05, 3.63) is 65.2 Å². The molecule has 0 aliphatic heterocycles. The van der Waals surface area contributed by atoms with Crippen LogP contribution in [0.4, 0.5) is 22.0 Å². The van der Waals surface area contributed by atoms with E-state index in [9.17, 15) is 26.7 Å². The second-order valence-electron chi connectivity index (χ2n) is 5.35. The minimum Gasteiger partial charge on any atom is -0.406 e. The number of carbonyl (C=O) groups excluding carboxylic acids is 1. The van der Waals surface area contributed by atoms with Gasteiger partial charge in [0, 0.05) is 25.2 Å². The molecule has 3 nitrogen and oxygen atoms in total. The number of carbonyl (C=O) groups is 1. The first-order chi connectivity index (χ1) is 11.6. The van der Waals surface area contributed by atoms with E-state index in [2.05, 4.69) is 4.74 Å². The van der Waals surface area contributed by atoms with E-state index in [0.29, 0.717) is 5.56 Å². The minimum absolute atomic E-state index is 0.0553. The number of ether oxygens (including phenoxy) is 1. The van der Waals surface area contributed by atoms with Crippen LogP contribution in [0.2, 0.25) is 0 Å². The molecule has 134 valence electrons. The highest BCUT2D eigenvalue weighted by Crippen LogP contribution is 2.23. The molecule has 0 radical (unpaired) electrons. The van der Waals surface area contributed by atoms with Gasteiger partial charge >= 0.3 is 6.36 Å². The molecule has 0 saturated heterocycles. The molecular formula is C17H14F5NO2. The topological polar surface area (TPSA) is 29.5 Å². The van der Waals surface area contributed by atoms with Crippen molar-refractivity contribution in [3.8, 4) is 5.75 Å². The van der Waals surface area contributed by atoms with E-state index < -0.39 is 18.0 Å². The summed E-state index contributed by atoms with van der Waals surface area (Å²) in [6.45, 7) is -0.0553. The highest BCUT2D eigenvalue weighted by atomic mass is 19.4. The van der Waals surface area contributed by atoms with Crippen LogP contribution >= 0.6 is 0 Å². The molecule has 8 heteroatoms. The van der Waals surface area contributed by atoms with E-state index >= 15 is 0 Å². The van der Waals surface area contributed by atoms with Gasteiger partial charge in [-0.25, -0.2) is 8.78 Å². The van der Waals surface area contributed by atoms with Crippen molar-refractivity contribution in [2.45, 2.75) is 19.3 Å². The van der Waals surface area contributed by atoms with Crippen LogP contribution in [0, 0.1) is 11.6 Å². The Balaban J connectivity index is 1.96. The molecule has 1 amide bonds. The fourth-order valence-corrected chi connectivity index (χ4v) is 2.11. The van der Waals surface area contributed by atoms with Gasteiger partial charge in [0.05, 0.1) is 6.42 Å². The van der Waals surface area contributed by atoms with Crippen LogP contribution in [-0.4, -0.2) is 24.2 Å². The highest BCUT2D eigenvalue weighted by Gasteiger charge is 2.31. The molecule has 25 heavy (non-hydrogen) atoms. The third-order valence-electron chi connectivity index (χ3n) is 3.36. The summed E-state index contributed by atoms with van der Waals surface area (Å²) >= 11 is 0. The zero-order chi connectivity index (χ0) is 18.6. The Labute approximate surface area is 140 Å². The van der Waals surface area contributed by atoms with Gasteiger partial charge in [-0.2, -0.15) is 0 Å². The average Bonchev–Trinajstić information content (AvgIpc) is 2.50. The molecule has 0 heterocycles. The third-order valence-corrected chi connectivity index (χ3v) is 3.36. The third kappa shape index (κ3) is 5.74. The Kier molecular flexibility index (Phi) is 5.61. The first-order valence-electron chi connectivity index (χ1n) is 7.16. The Morgan fingerprint density at radius 2 is 1.72 bits per heavy atom. The van der Waals surface area contributed by atoms with E-state index in [1.807, 2.05) is 0 Å². The molecule has 0 saturated carbocycles. The number of benzene rings is 2. The zero-order valence-corrected chi connectivity index (χ0v) is 13.1. The van der Waals surface area contributed by atoms with Crippen molar-refractivity contribution in [2.75, 3.05) is 7.05 Å². The van der Waals surface area contributed by atoms with Gasteiger partial charge < -0.3 is 9.64 Å². The summed E-state index contributed by atoms with van der Waals surface area (Å²) in [5.41, 5.74) is 0.636. The van der Waals surface area contributed by atoms with Crippen LogP contribution in [0.15, 0.2) is 42.5 Å². The van der Waals surface area contributed by atoms with Gasteiger partial charge in [0.15, 0.2) is 0 Å². The van der Waals surface area contributed by atoms with Crippen LogP contribution in [-0.2, 0) is 17.8 Å². The summed E-state index contributed by atoms with van der Waals surface area (Å²) in [5.74, 6) is -2.22. The summed E-state index contributed by atoms with van der Waals surface area (Å²) in [6, 6.07) is 7.96. The molecule has 0 aliphatic carbocycles. The van der Waals surface area contributed by atoms with Gasteiger partial charge in [0.2, 0.25) is 5.91 Å². The fraction of sp³-hybridized carbons (Fsp3) is 0.235. The Bertz CT molecular complexity index is 744. The van der Waals surface area contributed by atoms with Gasteiger partial charge in [-0.1, -0.05) is 18.2 Å². The van der Waals surface area contributed by atoms with E-state index in [-0.39, 0.29) is 30.2 Å². The van der Waals surface area contributed by atoms with Gasteiger partial charge in [-0.15, -0.1) is 13.2 Å². The van der Waals surface area contributed by atoms with Gasteiger partial charge in [0.1, 0.15) is 17.4 Å². The number of likely N-dealkylation sites (N-methyl/N-ethyl adjacent to an activating group) is 1. The Morgan fingerprint density at radius 1 is 1.08 bits per heavy atom. The lowest BCUT2D eigenvalue weighted by molar-refractivity contribution is -0.274. The molecule has 0 fully saturated rings. The Hall–Kier alpha value is -2.64. The molecule has 0 spiro atoms. The molecule has 0 aliphatic rings. The van der Waals surface area contributed by atoms with Crippen LogP contribution < -0.4 is 4.74 Å². The predicted molar refractivity (Wildman–Crippen MR) is 79.7 cm³/mol. The van der Waals surface area contributed by atoms with E-state index in [1.54, 1.807) is 0 Å². The van der Waals surface area contributed by atoms with Crippen molar-refractivity contribution in [2.24, 2.45) is 0 Å². The summed E-state index contributed by atoms with van der Waals surface area (Å²) in [7, 11) is 1.45. The van der Waals surface area contributed by atoms with Crippen molar-refractivity contribution in [1.29, 1.82) is 0 Å². The molecule has 0 aromatic heterocycles. The SMILES string of the molecule is CN(Cc1ccc(F)cc1F)C(=O)Cc1ccc(OC(F)(F)F)cc1. The number of hydrogen-bond acceptors (Lipinski definition) is 2. The minimum atomic E-state index is -4.78. The molecule has 2 aromatic rings. The molecule has 0 bridgehead atoms. The normalized spacial score (nSPS) is 11.3. The molecule has 2 rings (SSSR count). The van der Waals surface area contributed by atoms with Gasteiger partial charge in [0.25, 0.3) is 0 Å². The summed E-state index contributed by atoms with van der Waals surface area (Å²) in [5, 5.41) is 0. The predicted octanol–water partition coefficient (Wildman–Crippen LogP) is 4.06. The first kappa shape index (κ1) is 18.7. The zero-order valence-electron chi connectivity index (χ0n) is 13.1. The lowest BCUT2D eigenvalue weighted by atomic mass is 10.1. The Morgan fingerprint density at radius 3 is 2.28 bits per heavy atom. The monoisotopic (exact) mass is 359 g/mol. The van der Waals surface area contributed by atoms with E-state index in [0.717, 1.165) is 24.3 Å². The maximum Gasteiger partial charge on any atom is 0.573 e. The van der Waals surface area contributed by atoms with E-state index in [1.165, 1.54) is 30.1 Å². The van der Waals surface area contributed by atoms with Crippen LogP contribution in [0.5, 0.6) is 5.75 Å². The molecular weight excluding hydrogens is 345 g/mol. The highest BCUT2D eigenvalue weighted by molar-refractivity contribution is 5.78. The largest absolute Gasteiger partial charge is 0.573 e. The first-order valence-corrected chi connectivity index (χ1v) is 7.16. The second kappa shape index (κ2) is 7.50. The van der Waals surface area contributed by atoms with Gasteiger partial charge in [-0.3, -0.25) is 4.79 Å². The summed E-state index contributed by atoms with van der Waals surface area (Å²) in [4.78, 5) is 13.4. The fourth-order valence-electron chi connectivity index (χ4n) is 2.11. The smallest absolute Gasteiger partial charge is 0.406 e. The van der Waals surface area contributed by atoms with Crippen molar-refractivity contribution in [3.63, 3.8) is 0 Å². The van der Waals surface area contributed by atoms with Crippen molar-refractivity contribution < 1.29 is 31.5 Å². The number of nitrogens with zero attached hydrogens (tertiary/aromatic N) is 1. The number of amides is 1. The standard InChI is InChI=1S/C17H14F5NO2/c1-23(10-12-4-5-13(18)9-15(12)19)16(24)8-11-2-6-14(7-3-11)25-17(20,21)22/h2-7,9H,8,10H2,1H3.